The maximum Gasteiger partial charge on any atom is 0.254 e. The molecule has 3 rings (SSSR count). The van der Waals surface area contributed by atoms with Crippen LogP contribution in [0.4, 0.5) is 0 Å². The zero-order valence-corrected chi connectivity index (χ0v) is 15.3. The van der Waals surface area contributed by atoms with Gasteiger partial charge in [0.1, 0.15) is 0 Å². The Hall–Kier alpha value is -2.63. The molecule has 3 N–H and O–H groups in total. The third kappa shape index (κ3) is 4.50. The summed E-state index contributed by atoms with van der Waals surface area (Å²) in [6.07, 6.45) is 1.75. The van der Waals surface area contributed by atoms with E-state index in [4.69, 9.17) is 17.3 Å². The van der Waals surface area contributed by atoms with Gasteiger partial charge in [0.25, 0.3) is 5.91 Å². The SMILES string of the molecule is Cc1nn(Cc2cccc(Cl)c2)cc1C(=O)NCC(N)c1ccccc1. The first-order chi connectivity index (χ1) is 12.5. The third-order valence-electron chi connectivity index (χ3n) is 4.13. The van der Waals surface area contributed by atoms with E-state index >= 15 is 0 Å². The second-order valence-electron chi connectivity index (χ2n) is 6.18. The van der Waals surface area contributed by atoms with Gasteiger partial charge in [0.05, 0.1) is 17.8 Å². The fourth-order valence-electron chi connectivity index (χ4n) is 2.76. The highest BCUT2D eigenvalue weighted by Gasteiger charge is 2.15. The van der Waals surface area contributed by atoms with Crippen LogP contribution >= 0.6 is 11.6 Å². The Labute approximate surface area is 157 Å². The number of carbonyl (C=O) groups is 1. The van der Waals surface area contributed by atoms with E-state index in [1.807, 2.05) is 61.5 Å². The highest BCUT2D eigenvalue weighted by Crippen LogP contribution is 2.14. The van der Waals surface area contributed by atoms with E-state index in [1.54, 1.807) is 10.9 Å². The van der Waals surface area contributed by atoms with Crippen molar-refractivity contribution in [3.63, 3.8) is 0 Å². The lowest BCUT2D eigenvalue weighted by Crippen LogP contribution is -2.32. The molecule has 3 aromatic rings. The second-order valence-corrected chi connectivity index (χ2v) is 6.62. The third-order valence-corrected chi connectivity index (χ3v) is 4.37. The Bertz CT molecular complexity index is 892. The number of hydrogen-bond donors (Lipinski definition) is 2. The second kappa shape index (κ2) is 8.17. The minimum absolute atomic E-state index is 0.175. The average Bonchev–Trinajstić information content (AvgIpc) is 3.00. The molecule has 0 radical (unpaired) electrons. The summed E-state index contributed by atoms with van der Waals surface area (Å²) in [6, 6.07) is 17.0. The van der Waals surface area contributed by atoms with Gasteiger partial charge in [-0.15, -0.1) is 0 Å². The zero-order chi connectivity index (χ0) is 18.5. The molecular formula is C20H21ClN4O. The fraction of sp³-hybridized carbons (Fsp3) is 0.200. The largest absolute Gasteiger partial charge is 0.350 e. The van der Waals surface area contributed by atoms with Gasteiger partial charge >= 0.3 is 0 Å². The summed E-state index contributed by atoms with van der Waals surface area (Å²) in [5, 5.41) is 7.99. The predicted molar refractivity (Wildman–Crippen MR) is 103 cm³/mol. The summed E-state index contributed by atoms with van der Waals surface area (Å²) in [5.74, 6) is -0.175. The molecule has 0 aliphatic heterocycles. The zero-order valence-electron chi connectivity index (χ0n) is 14.5. The lowest BCUT2D eigenvalue weighted by molar-refractivity contribution is 0.0950. The van der Waals surface area contributed by atoms with Crippen LogP contribution in [-0.4, -0.2) is 22.2 Å². The molecule has 1 aromatic heterocycles. The standard InChI is InChI=1S/C20H21ClN4O/c1-14-18(13-25(24-14)12-15-6-5-9-17(21)10-15)20(26)23-11-19(22)16-7-3-2-4-8-16/h2-10,13,19H,11-12,22H2,1H3,(H,23,26). The predicted octanol–water partition coefficient (Wildman–Crippen LogP) is 3.32. The Balaban J connectivity index is 1.63. The minimum atomic E-state index is -0.248. The van der Waals surface area contributed by atoms with Crippen LogP contribution in [0.5, 0.6) is 0 Å². The van der Waals surface area contributed by atoms with Crippen LogP contribution in [0.15, 0.2) is 60.8 Å². The molecule has 1 unspecified atom stereocenters. The number of halogens is 1. The molecule has 5 nitrogen and oxygen atoms in total. The Morgan fingerprint density at radius 2 is 2.00 bits per heavy atom. The number of carbonyl (C=O) groups excluding carboxylic acids is 1. The molecule has 0 aliphatic rings. The number of aryl methyl sites for hydroxylation is 1. The van der Waals surface area contributed by atoms with Crippen molar-refractivity contribution in [2.45, 2.75) is 19.5 Å². The number of nitrogens with zero attached hydrogens (tertiary/aromatic N) is 2. The van der Waals surface area contributed by atoms with Crippen molar-refractivity contribution in [2.24, 2.45) is 5.73 Å². The molecule has 134 valence electrons. The quantitative estimate of drug-likeness (QED) is 0.701. The van der Waals surface area contributed by atoms with Gasteiger partial charge < -0.3 is 11.1 Å². The van der Waals surface area contributed by atoms with Gasteiger partial charge in [0, 0.05) is 23.8 Å². The highest BCUT2D eigenvalue weighted by molar-refractivity contribution is 6.30. The lowest BCUT2D eigenvalue weighted by atomic mass is 10.1. The van der Waals surface area contributed by atoms with Crippen LogP contribution in [-0.2, 0) is 6.54 Å². The molecule has 1 amide bonds. The molecule has 0 fully saturated rings. The Kier molecular flexibility index (Phi) is 5.71. The molecule has 1 heterocycles. The number of aromatic nitrogens is 2. The Morgan fingerprint density at radius 1 is 1.23 bits per heavy atom. The van der Waals surface area contributed by atoms with E-state index in [0.717, 1.165) is 11.1 Å². The molecule has 6 heteroatoms. The molecule has 26 heavy (non-hydrogen) atoms. The topological polar surface area (TPSA) is 72.9 Å². The van der Waals surface area contributed by atoms with E-state index in [2.05, 4.69) is 10.4 Å². The number of nitrogens with one attached hydrogen (secondary N) is 1. The normalized spacial score (nSPS) is 12.0. The van der Waals surface area contributed by atoms with E-state index in [0.29, 0.717) is 29.4 Å². The molecule has 0 bridgehead atoms. The fourth-order valence-corrected chi connectivity index (χ4v) is 2.97. The number of benzene rings is 2. The molecule has 0 saturated carbocycles. The number of hydrogen-bond acceptors (Lipinski definition) is 3. The van der Waals surface area contributed by atoms with Crippen molar-refractivity contribution in [1.29, 1.82) is 0 Å². The van der Waals surface area contributed by atoms with Crippen molar-refractivity contribution < 1.29 is 4.79 Å². The maximum atomic E-state index is 12.5. The summed E-state index contributed by atoms with van der Waals surface area (Å²) >= 11 is 6.01. The van der Waals surface area contributed by atoms with Gasteiger partial charge in [-0.2, -0.15) is 5.10 Å². The summed E-state index contributed by atoms with van der Waals surface area (Å²) < 4.78 is 1.74. The summed E-state index contributed by atoms with van der Waals surface area (Å²) in [6.45, 7) is 2.74. The molecule has 2 aromatic carbocycles. The van der Waals surface area contributed by atoms with Crippen LogP contribution in [0.2, 0.25) is 5.02 Å². The van der Waals surface area contributed by atoms with Crippen LogP contribution in [0.3, 0.4) is 0 Å². The van der Waals surface area contributed by atoms with Gasteiger partial charge in [-0.1, -0.05) is 54.1 Å². The minimum Gasteiger partial charge on any atom is -0.350 e. The molecule has 0 spiro atoms. The van der Waals surface area contributed by atoms with Gasteiger partial charge in [0.15, 0.2) is 0 Å². The van der Waals surface area contributed by atoms with Crippen LogP contribution in [0.25, 0.3) is 0 Å². The van der Waals surface area contributed by atoms with Gasteiger partial charge in [-0.05, 0) is 30.2 Å². The van der Waals surface area contributed by atoms with Gasteiger partial charge in [-0.3, -0.25) is 9.48 Å². The van der Waals surface area contributed by atoms with Crippen LogP contribution in [0.1, 0.15) is 33.2 Å². The smallest absolute Gasteiger partial charge is 0.254 e. The van der Waals surface area contributed by atoms with E-state index in [-0.39, 0.29) is 11.9 Å². The summed E-state index contributed by atoms with van der Waals surface area (Å²) in [7, 11) is 0. The van der Waals surface area contributed by atoms with Gasteiger partial charge in [-0.25, -0.2) is 0 Å². The van der Waals surface area contributed by atoms with Crippen LogP contribution < -0.4 is 11.1 Å². The monoisotopic (exact) mass is 368 g/mol. The summed E-state index contributed by atoms with van der Waals surface area (Å²) in [5.41, 5.74) is 9.37. The lowest BCUT2D eigenvalue weighted by Gasteiger charge is -2.12. The summed E-state index contributed by atoms with van der Waals surface area (Å²) in [4.78, 5) is 12.5. The van der Waals surface area contributed by atoms with Crippen molar-refractivity contribution in [3.05, 3.63) is 88.2 Å². The Morgan fingerprint density at radius 3 is 2.73 bits per heavy atom. The molecule has 0 saturated heterocycles. The highest BCUT2D eigenvalue weighted by atomic mass is 35.5. The van der Waals surface area contributed by atoms with E-state index in [9.17, 15) is 4.79 Å². The van der Waals surface area contributed by atoms with E-state index < -0.39 is 0 Å². The molecule has 1 atom stereocenters. The van der Waals surface area contributed by atoms with Crippen LogP contribution in [0, 0.1) is 6.92 Å². The number of nitrogens with two attached hydrogens (primary N) is 1. The van der Waals surface area contributed by atoms with Crippen molar-refractivity contribution in [2.75, 3.05) is 6.54 Å². The first kappa shape index (κ1) is 18.2. The number of rotatable bonds is 6. The molecular weight excluding hydrogens is 348 g/mol. The average molecular weight is 369 g/mol. The first-order valence-electron chi connectivity index (χ1n) is 8.40. The van der Waals surface area contributed by atoms with Gasteiger partial charge in [0.2, 0.25) is 0 Å². The first-order valence-corrected chi connectivity index (χ1v) is 8.78. The number of amides is 1. The van der Waals surface area contributed by atoms with Crippen molar-refractivity contribution >= 4 is 17.5 Å². The maximum absolute atomic E-state index is 12.5. The van der Waals surface area contributed by atoms with E-state index in [1.165, 1.54) is 0 Å². The molecule has 0 aliphatic carbocycles. The van der Waals surface area contributed by atoms with Crippen molar-refractivity contribution in [1.82, 2.24) is 15.1 Å². The van der Waals surface area contributed by atoms with Crippen molar-refractivity contribution in [3.8, 4) is 0 Å².